The van der Waals surface area contributed by atoms with Crippen LogP contribution in [-0.4, -0.2) is 59.9 Å². The molecule has 1 aliphatic rings. The summed E-state index contributed by atoms with van der Waals surface area (Å²) in [6.45, 7) is 1.11. The highest BCUT2D eigenvalue weighted by Gasteiger charge is 2.32. The number of benzene rings is 2. The van der Waals surface area contributed by atoms with Crippen molar-refractivity contribution in [1.29, 1.82) is 0 Å². The van der Waals surface area contributed by atoms with Crippen molar-refractivity contribution in [2.75, 3.05) is 18.0 Å². The lowest BCUT2D eigenvalue weighted by molar-refractivity contribution is 0.145. The van der Waals surface area contributed by atoms with E-state index in [2.05, 4.69) is 20.5 Å². The zero-order valence-electron chi connectivity index (χ0n) is 16.2. The van der Waals surface area contributed by atoms with Crippen LogP contribution in [0.25, 0.3) is 11.1 Å². The molecule has 0 aliphatic carbocycles. The second-order valence-electron chi connectivity index (χ2n) is 6.69. The minimum Gasteiger partial charge on any atom is -0.560 e. The lowest BCUT2D eigenvalue weighted by Gasteiger charge is -2.14. The lowest BCUT2D eigenvalue weighted by atomic mass is 10.0. The Bertz CT molecular complexity index is 1040. The van der Waals surface area contributed by atoms with Gasteiger partial charge in [-0.05, 0) is 39.8 Å². The zero-order chi connectivity index (χ0) is 20.9. The second kappa shape index (κ2) is 8.72. The number of rotatable bonds is 7. The maximum absolute atomic E-state index is 14.8. The standard InChI is InChI=1S/C19H18BFN6O3/c20-29-12-22-8-16-10-27(19(28)30-16)15-5-6-17(18(21)7-15)14-3-1-13(2-4-14)9-26-11-23-24-25-26/h1-7,11-12,16H,8-10,20H2/t16-/m0/s1. The van der Waals surface area contributed by atoms with E-state index in [0.717, 1.165) is 11.1 Å². The number of hydrogen-bond acceptors (Lipinski definition) is 7. The van der Waals surface area contributed by atoms with Crippen LogP contribution in [-0.2, 0) is 15.9 Å². The molecular formula is C19H18BFN6O3. The van der Waals surface area contributed by atoms with E-state index in [1.54, 1.807) is 16.8 Å². The molecule has 0 spiro atoms. The van der Waals surface area contributed by atoms with E-state index < -0.39 is 18.0 Å². The third-order valence-electron chi connectivity index (χ3n) is 4.63. The lowest BCUT2D eigenvalue weighted by Crippen LogP contribution is -2.25. The molecule has 3 aromatic rings. The Hall–Kier alpha value is -3.76. The minimum atomic E-state index is -0.522. The van der Waals surface area contributed by atoms with Crippen LogP contribution in [0.15, 0.2) is 53.8 Å². The fourth-order valence-corrected chi connectivity index (χ4v) is 3.20. The van der Waals surface area contributed by atoms with Crippen molar-refractivity contribution in [1.82, 2.24) is 20.2 Å². The quantitative estimate of drug-likeness (QED) is 0.334. The molecule has 30 heavy (non-hydrogen) atoms. The molecule has 0 bridgehead atoms. The molecule has 11 heteroatoms. The number of nitrogens with zero attached hydrogens (tertiary/aromatic N) is 6. The summed E-state index contributed by atoms with van der Waals surface area (Å²) in [6, 6.07) is 12.2. The average molecular weight is 408 g/mol. The van der Waals surface area contributed by atoms with Gasteiger partial charge in [-0.25, -0.2) is 13.9 Å². The van der Waals surface area contributed by atoms with Gasteiger partial charge in [0.1, 0.15) is 18.2 Å². The molecule has 4 rings (SSSR count). The van der Waals surface area contributed by atoms with Gasteiger partial charge < -0.3 is 9.39 Å². The van der Waals surface area contributed by atoms with Crippen LogP contribution in [0.3, 0.4) is 0 Å². The molecule has 1 atom stereocenters. The molecule has 1 fully saturated rings. The molecule has 1 aliphatic heterocycles. The van der Waals surface area contributed by atoms with E-state index in [1.807, 2.05) is 24.3 Å². The molecule has 9 nitrogen and oxygen atoms in total. The summed E-state index contributed by atoms with van der Waals surface area (Å²) < 4.78 is 26.4. The van der Waals surface area contributed by atoms with Crippen LogP contribution in [0.1, 0.15) is 5.56 Å². The third-order valence-corrected chi connectivity index (χ3v) is 4.63. The Labute approximate surface area is 172 Å². The van der Waals surface area contributed by atoms with Crippen molar-refractivity contribution in [2.24, 2.45) is 4.99 Å². The van der Waals surface area contributed by atoms with E-state index >= 15 is 0 Å². The number of hydrogen-bond donors (Lipinski definition) is 0. The van der Waals surface area contributed by atoms with Crippen molar-refractivity contribution >= 4 is 26.2 Å². The maximum atomic E-state index is 14.8. The van der Waals surface area contributed by atoms with Crippen molar-refractivity contribution in [3.63, 3.8) is 0 Å². The summed E-state index contributed by atoms with van der Waals surface area (Å²) in [7, 11) is 1.49. The summed E-state index contributed by atoms with van der Waals surface area (Å²) >= 11 is 0. The number of carbonyl (C=O) groups excluding carboxylic acids is 1. The average Bonchev–Trinajstić information content (AvgIpc) is 3.38. The molecule has 2 heterocycles. The van der Waals surface area contributed by atoms with E-state index in [0.29, 0.717) is 24.3 Å². The Balaban J connectivity index is 1.47. The van der Waals surface area contributed by atoms with Gasteiger partial charge in [-0.1, -0.05) is 24.3 Å². The van der Waals surface area contributed by atoms with Gasteiger partial charge in [0.25, 0.3) is 0 Å². The second-order valence-corrected chi connectivity index (χ2v) is 6.69. The largest absolute Gasteiger partial charge is 0.560 e. The van der Waals surface area contributed by atoms with Crippen LogP contribution in [0.2, 0.25) is 0 Å². The predicted octanol–water partition coefficient (Wildman–Crippen LogP) is 1.45. The number of halogens is 1. The smallest absolute Gasteiger partial charge is 0.414 e. The molecular weight excluding hydrogens is 390 g/mol. The van der Waals surface area contributed by atoms with Crippen LogP contribution in [0.5, 0.6) is 0 Å². The van der Waals surface area contributed by atoms with Gasteiger partial charge in [0.05, 0.1) is 25.3 Å². The highest BCUT2D eigenvalue weighted by molar-refractivity contribution is 6.02. The van der Waals surface area contributed by atoms with E-state index in [-0.39, 0.29) is 6.54 Å². The first-order valence-corrected chi connectivity index (χ1v) is 9.23. The Morgan fingerprint density at radius 2 is 2.13 bits per heavy atom. The first kappa shape index (κ1) is 19.6. The van der Waals surface area contributed by atoms with Gasteiger partial charge in [-0.15, -0.1) is 5.10 Å². The summed E-state index contributed by atoms with van der Waals surface area (Å²) in [5.74, 6) is -0.422. The summed E-state index contributed by atoms with van der Waals surface area (Å²) in [4.78, 5) is 17.5. The number of carbonyl (C=O) groups is 1. The van der Waals surface area contributed by atoms with Gasteiger partial charge in [0, 0.05) is 5.56 Å². The highest BCUT2D eigenvalue weighted by Crippen LogP contribution is 2.29. The summed E-state index contributed by atoms with van der Waals surface area (Å²) in [5, 5.41) is 11.0. The van der Waals surface area contributed by atoms with Gasteiger partial charge in [-0.3, -0.25) is 9.89 Å². The highest BCUT2D eigenvalue weighted by atomic mass is 19.1. The van der Waals surface area contributed by atoms with E-state index in [1.165, 1.54) is 31.7 Å². The first-order chi connectivity index (χ1) is 14.6. The molecule has 0 N–H and O–H groups in total. The SMILES string of the molecule is BOC=NC[C@H]1CN(c2ccc(-c3ccc(Cn4cnnn4)cc3)c(F)c2)C(=O)O1. The number of anilines is 1. The normalized spacial score (nSPS) is 16.2. The van der Waals surface area contributed by atoms with Crippen molar-refractivity contribution in [2.45, 2.75) is 12.6 Å². The molecule has 1 aromatic heterocycles. The fourth-order valence-electron chi connectivity index (χ4n) is 3.20. The number of ether oxygens (including phenoxy) is 1. The minimum absolute atomic E-state index is 0.285. The van der Waals surface area contributed by atoms with Crippen LogP contribution in [0.4, 0.5) is 14.9 Å². The molecule has 152 valence electrons. The number of aliphatic imine (C=N–C) groups is 1. The summed E-state index contributed by atoms with van der Waals surface area (Å²) in [6.07, 6.45) is 1.90. The molecule has 0 saturated carbocycles. The van der Waals surface area contributed by atoms with Crippen LogP contribution < -0.4 is 4.90 Å². The van der Waals surface area contributed by atoms with Gasteiger partial charge in [0.15, 0.2) is 6.40 Å². The number of tetrazole rings is 1. The van der Waals surface area contributed by atoms with E-state index in [4.69, 9.17) is 9.39 Å². The van der Waals surface area contributed by atoms with Crippen molar-refractivity contribution in [3.8, 4) is 11.1 Å². The summed E-state index contributed by atoms with van der Waals surface area (Å²) in [5.41, 5.74) is 2.61. The van der Waals surface area contributed by atoms with Crippen molar-refractivity contribution in [3.05, 3.63) is 60.2 Å². The van der Waals surface area contributed by atoms with Gasteiger partial charge >= 0.3 is 14.1 Å². The van der Waals surface area contributed by atoms with Crippen molar-refractivity contribution < 1.29 is 18.6 Å². The van der Waals surface area contributed by atoms with Gasteiger partial charge in [-0.2, -0.15) is 0 Å². The number of amides is 1. The molecule has 0 unspecified atom stereocenters. The third kappa shape index (κ3) is 4.29. The zero-order valence-corrected chi connectivity index (χ0v) is 16.2. The maximum Gasteiger partial charge on any atom is 0.414 e. The molecule has 1 amide bonds. The fraction of sp³-hybridized carbons (Fsp3) is 0.211. The Kier molecular flexibility index (Phi) is 5.69. The first-order valence-electron chi connectivity index (χ1n) is 9.23. The van der Waals surface area contributed by atoms with Crippen LogP contribution in [0, 0.1) is 5.82 Å². The number of cyclic esters (lactones) is 1. The molecule has 1 saturated heterocycles. The predicted molar refractivity (Wildman–Crippen MR) is 109 cm³/mol. The van der Waals surface area contributed by atoms with Crippen LogP contribution >= 0.6 is 0 Å². The van der Waals surface area contributed by atoms with E-state index in [9.17, 15) is 9.18 Å². The monoisotopic (exact) mass is 408 g/mol. The topological polar surface area (TPSA) is 94.7 Å². The molecule has 2 aromatic carbocycles. The number of aromatic nitrogens is 4. The Morgan fingerprint density at radius 1 is 1.30 bits per heavy atom. The van der Waals surface area contributed by atoms with Gasteiger partial charge in [0.2, 0.25) is 0 Å². The Morgan fingerprint density at radius 3 is 2.83 bits per heavy atom. The molecule has 0 radical (unpaired) electrons.